The minimum atomic E-state index is -1.20. The van der Waals surface area contributed by atoms with Gasteiger partial charge in [0, 0.05) is 18.9 Å². The number of hydrogen-bond acceptors (Lipinski definition) is 1. The van der Waals surface area contributed by atoms with Crippen LogP contribution in [0.5, 0.6) is 0 Å². The Bertz CT molecular complexity index is 315. The summed E-state index contributed by atoms with van der Waals surface area (Å²) in [6, 6.07) is 7.73. The van der Waals surface area contributed by atoms with Crippen LogP contribution in [0.25, 0.3) is 0 Å². The van der Waals surface area contributed by atoms with E-state index in [4.69, 9.17) is 5.11 Å². The molecule has 1 unspecified atom stereocenters. The first-order chi connectivity index (χ1) is 6.94. The summed E-state index contributed by atoms with van der Waals surface area (Å²) >= 11 is 0. The molecule has 0 aliphatic carbocycles. The molecular formula is C13H19FO. The minimum Gasteiger partial charge on any atom is -0.396 e. The number of hydrogen-bond donors (Lipinski definition) is 1. The van der Waals surface area contributed by atoms with Gasteiger partial charge in [-0.25, -0.2) is 4.39 Å². The van der Waals surface area contributed by atoms with E-state index >= 15 is 0 Å². The third kappa shape index (κ3) is 3.63. The van der Waals surface area contributed by atoms with E-state index in [2.05, 4.69) is 0 Å². The molecule has 84 valence electrons. The molecule has 0 aliphatic rings. The monoisotopic (exact) mass is 210 g/mol. The van der Waals surface area contributed by atoms with Gasteiger partial charge in [-0.15, -0.1) is 0 Å². The predicted molar refractivity (Wildman–Crippen MR) is 60.8 cm³/mol. The molecule has 15 heavy (non-hydrogen) atoms. The van der Waals surface area contributed by atoms with Gasteiger partial charge >= 0.3 is 0 Å². The van der Waals surface area contributed by atoms with E-state index in [-0.39, 0.29) is 12.5 Å². The van der Waals surface area contributed by atoms with Gasteiger partial charge in [-0.05, 0) is 25.0 Å². The smallest absolute Gasteiger partial charge is 0.109 e. The van der Waals surface area contributed by atoms with Gasteiger partial charge < -0.3 is 5.11 Å². The molecular weight excluding hydrogens is 191 g/mol. The molecule has 1 aromatic carbocycles. The number of benzene rings is 1. The van der Waals surface area contributed by atoms with Gasteiger partial charge in [-0.2, -0.15) is 0 Å². The molecule has 1 rings (SSSR count). The topological polar surface area (TPSA) is 20.2 Å². The molecule has 1 N–H and O–H groups in total. The fourth-order valence-corrected chi connectivity index (χ4v) is 1.73. The Balaban J connectivity index is 2.96. The van der Waals surface area contributed by atoms with Crippen LogP contribution in [0.3, 0.4) is 0 Å². The number of halogens is 1. The zero-order chi connectivity index (χ0) is 11.5. The first-order valence-corrected chi connectivity index (χ1v) is 5.31. The standard InChI is InChI=1S/C13H19FO/c1-10(9-15)12-7-5-4-6-11(12)8-13(2,3)14/h4-7,10,15H,8-9H2,1-3H3. The van der Waals surface area contributed by atoms with Crippen LogP contribution in [0.4, 0.5) is 4.39 Å². The number of alkyl halides is 1. The highest BCUT2D eigenvalue weighted by molar-refractivity contribution is 5.31. The second kappa shape index (κ2) is 4.75. The van der Waals surface area contributed by atoms with Crippen molar-refractivity contribution >= 4 is 0 Å². The Morgan fingerprint density at radius 2 is 1.93 bits per heavy atom. The third-order valence-electron chi connectivity index (χ3n) is 2.47. The molecule has 0 aliphatic heterocycles. The van der Waals surface area contributed by atoms with Gasteiger partial charge in [0.25, 0.3) is 0 Å². The first-order valence-electron chi connectivity index (χ1n) is 5.31. The van der Waals surface area contributed by atoms with Crippen LogP contribution in [-0.2, 0) is 6.42 Å². The molecule has 0 saturated carbocycles. The lowest BCUT2D eigenvalue weighted by Gasteiger charge is -2.19. The van der Waals surface area contributed by atoms with Crippen molar-refractivity contribution < 1.29 is 9.50 Å². The first kappa shape index (κ1) is 12.2. The number of aliphatic hydroxyl groups excluding tert-OH is 1. The summed E-state index contributed by atoms with van der Waals surface area (Å²) < 4.78 is 13.6. The second-order valence-corrected chi connectivity index (χ2v) is 4.68. The average Bonchev–Trinajstić information content (AvgIpc) is 2.15. The van der Waals surface area contributed by atoms with Crippen molar-refractivity contribution in [3.05, 3.63) is 35.4 Å². The largest absolute Gasteiger partial charge is 0.396 e. The molecule has 1 atom stereocenters. The van der Waals surface area contributed by atoms with Crippen LogP contribution in [-0.4, -0.2) is 17.4 Å². The predicted octanol–water partition coefficient (Wildman–Crippen LogP) is 3.07. The maximum atomic E-state index is 13.6. The Hall–Kier alpha value is -0.890. The Kier molecular flexibility index (Phi) is 3.86. The lowest BCUT2D eigenvalue weighted by atomic mass is 9.90. The molecule has 2 heteroatoms. The summed E-state index contributed by atoms with van der Waals surface area (Å²) in [4.78, 5) is 0. The van der Waals surface area contributed by atoms with E-state index in [1.807, 2.05) is 31.2 Å². The lowest BCUT2D eigenvalue weighted by Crippen LogP contribution is -2.17. The van der Waals surface area contributed by atoms with Crippen molar-refractivity contribution in [1.82, 2.24) is 0 Å². The van der Waals surface area contributed by atoms with Crippen LogP contribution >= 0.6 is 0 Å². The van der Waals surface area contributed by atoms with Crippen molar-refractivity contribution in [2.75, 3.05) is 6.61 Å². The van der Waals surface area contributed by atoms with Gasteiger partial charge in [0.1, 0.15) is 5.67 Å². The maximum absolute atomic E-state index is 13.6. The van der Waals surface area contributed by atoms with Gasteiger partial charge in [0.15, 0.2) is 0 Å². The minimum absolute atomic E-state index is 0.0727. The Morgan fingerprint density at radius 3 is 2.47 bits per heavy atom. The van der Waals surface area contributed by atoms with Crippen LogP contribution in [0.2, 0.25) is 0 Å². The van der Waals surface area contributed by atoms with E-state index < -0.39 is 5.67 Å². The summed E-state index contributed by atoms with van der Waals surface area (Å²) in [5, 5.41) is 9.12. The average molecular weight is 210 g/mol. The van der Waals surface area contributed by atoms with Crippen molar-refractivity contribution in [1.29, 1.82) is 0 Å². The summed E-state index contributed by atoms with van der Waals surface area (Å²) in [5.41, 5.74) is 0.836. The van der Waals surface area contributed by atoms with E-state index in [0.717, 1.165) is 11.1 Å². The highest BCUT2D eigenvalue weighted by Gasteiger charge is 2.19. The van der Waals surface area contributed by atoms with Gasteiger partial charge in [-0.3, -0.25) is 0 Å². The van der Waals surface area contributed by atoms with Crippen molar-refractivity contribution in [3.8, 4) is 0 Å². The Morgan fingerprint density at radius 1 is 1.33 bits per heavy atom. The fraction of sp³-hybridized carbons (Fsp3) is 0.538. The summed E-state index contributed by atoms with van der Waals surface area (Å²) in [6.45, 7) is 5.20. The van der Waals surface area contributed by atoms with Crippen LogP contribution < -0.4 is 0 Å². The molecule has 0 heterocycles. The normalized spacial score (nSPS) is 13.9. The molecule has 1 nitrogen and oxygen atoms in total. The quantitative estimate of drug-likeness (QED) is 0.809. The number of aliphatic hydroxyl groups is 1. The Labute approximate surface area is 90.9 Å². The third-order valence-corrected chi connectivity index (χ3v) is 2.47. The van der Waals surface area contributed by atoms with E-state index in [1.165, 1.54) is 0 Å². The molecule has 0 spiro atoms. The maximum Gasteiger partial charge on any atom is 0.109 e. The van der Waals surface area contributed by atoms with Crippen molar-refractivity contribution in [2.45, 2.75) is 38.8 Å². The highest BCUT2D eigenvalue weighted by atomic mass is 19.1. The van der Waals surface area contributed by atoms with Gasteiger partial charge in [0.05, 0.1) is 0 Å². The van der Waals surface area contributed by atoms with Crippen molar-refractivity contribution in [3.63, 3.8) is 0 Å². The summed E-state index contributed by atoms with van der Waals surface area (Å²) in [5.74, 6) is 0.0727. The van der Waals surface area contributed by atoms with Crippen molar-refractivity contribution in [2.24, 2.45) is 0 Å². The van der Waals surface area contributed by atoms with E-state index in [1.54, 1.807) is 13.8 Å². The molecule has 0 radical (unpaired) electrons. The second-order valence-electron chi connectivity index (χ2n) is 4.68. The fourth-order valence-electron chi connectivity index (χ4n) is 1.73. The van der Waals surface area contributed by atoms with Gasteiger partial charge in [-0.1, -0.05) is 31.2 Å². The summed E-state index contributed by atoms with van der Waals surface area (Å²) in [6.07, 6.45) is 0.396. The van der Waals surface area contributed by atoms with E-state index in [9.17, 15) is 4.39 Å². The molecule has 0 bridgehead atoms. The molecule has 1 aromatic rings. The molecule has 0 aromatic heterocycles. The lowest BCUT2D eigenvalue weighted by molar-refractivity contribution is 0.215. The zero-order valence-electron chi connectivity index (χ0n) is 9.63. The van der Waals surface area contributed by atoms with Crippen LogP contribution in [0.15, 0.2) is 24.3 Å². The number of rotatable bonds is 4. The molecule has 0 saturated heterocycles. The van der Waals surface area contributed by atoms with Crippen LogP contribution in [0.1, 0.15) is 37.8 Å². The molecule has 0 fully saturated rings. The molecule has 0 amide bonds. The summed E-state index contributed by atoms with van der Waals surface area (Å²) in [7, 11) is 0. The van der Waals surface area contributed by atoms with Gasteiger partial charge in [0.2, 0.25) is 0 Å². The van der Waals surface area contributed by atoms with Crippen LogP contribution in [0, 0.1) is 0 Å². The van der Waals surface area contributed by atoms with E-state index in [0.29, 0.717) is 6.42 Å². The SMILES string of the molecule is CC(CO)c1ccccc1CC(C)(C)F. The zero-order valence-corrected chi connectivity index (χ0v) is 9.63. The highest BCUT2D eigenvalue weighted by Crippen LogP contribution is 2.24.